The third kappa shape index (κ3) is 6.96. The highest BCUT2D eigenvalue weighted by Crippen LogP contribution is 2.45. The number of amides is 4. The molecule has 9 rings (SSSR count). The summed E-state index contributed by atoms with van der Waals surface area (Å²) in [7, 11) is 2.61. The van der Waals surface area contributed by atoms with Gasteiger partial charge in [-0.05, 0) is 111 Å². The van der Waals surface area contributed by atoms with E-state index in [1.807, 2.05) is 42.8 Å². The van der Waals surface area contributed by atoms with E-state index in [0.717, 1.165) is 99.9 Å². The van der Waals surface area contributed by atoms with E-state index in [0.29, 0.717) is 12.4 Å². The van der Waals surface area contributed by atoms with Crippen LogP contribution in [0.1, 0.15) is 95.5 Å². The molecule has 4 aliphatic rings. The maximum absolute atomic E-state index is 14.0. The van der Waals surface area contributed by atoms with E-state index in [2.05, 4.69) is 63.9 Å². The van der Waals surface area contributed by atoms with Crippen LogP contribution in [0.5, 0.6) is 5.75 Å². The molecule has 3 aromatic carbocycles. The van der Waals surface area contributed by atoms with Crippen molar-refractivity contribution in [2.45, 2.75) is 109 Å². The van der Waals surface area contributed by atoms with Crippen LogP contribution in [0.3, 0.4) is 0 Å². The lowest BCUT2D eigenvalue weighted by atomic mass is 9.92. The molecule has 6 atom stereocenters. The van der Waals surface area contributed by atoms with Gasteiger partial charge in [-0.3, -0.25) is 9.59 Å². The zero-order valence-electron chi connectivity index (χ0n) is 34.8. The van der Waals surface area contributed by atoms with Gasteiger partial charge in [-0.2, -0.15) is 0 Å². The molecule has 0 spiro atoms. The standard InChI is InChI=1S/C45H52N8O7/c1-22(2)37(50-44(56)58-5)42(54)52-23(3)7-15-34(52)40-46-20-33(48-40)27-11-13-29-28(17-27)21-60-36-19-30-26(18-31(29)36)12-14-32-39(30)49-41(47-32)35-16-8-24(4)53(35)43(55)38(25-9-10-25)51-45(57)59-6/h11-14,17-20,22-25,34-35,37-38H,7-10,15-16,21H2,1-6H3,(H,46,48)(H,47,49)(H,50,56)(H,51,57). The van der Waals surface area contributed by atoms with E-state index in [-0.39, 0.29) is 47.8 Å². The van der Waals surface area contributed by atoms with Crippen molar-refractivity contribution in [3.05, 3.63) is 65.9 Å². The first-order chi connectivity index (χ1) is 28.9. The lowest BCUT2D eigenvalue weighted by molar-refractivity contribution is -0.138. The zero-order valence-corrected chi connectivity index (χ0v) is 34.8. The lowest BCUT2D eigenvalue weighted by Crippen LogP contribution is -2.52. The van der Waals surface area contributed by atoms with Gasteiger partial charge in [0.1, 0.15) is 36.1 Å². The number of nitrogens with zero attached hydrogens (tertiary/aromatic N) is 4. The smallest absolute Gasteiger partial charge is 0.407 e. The summed E-state index contributed by atoms with van der Waals surface area (Å²) in [5.74, 6) is 1.97. The molecule has 0 bridgehead atoms. The summed E-state index contributed by atoms with van der Waals surface area (Å²) in [6.45, 7) is 8.29. The monoisotopic (exact) mass is 816 g/mol. The number of hydrogen-bond acceptors (Lipinski definition) is 9. The minimum Gasteiger partial charge on any atom is -0.488 e. The molecule has 3 aliphatic heterocycles. The topological polar surface area (TPSA) is 184 Å². The fourth-order valence-electron chi connectivity index (χ4n) is 9.55. The number of aromatic nitrogens is 4. The third-order valence-electron chi connectivity index (χ3n) is 13.0. The van der Waals surface area contributed by atoms with Gasteiger partial charge in [0.2, 0.25) is 11.8 Å². The van der Waals surface area contributed by atoms with Crippen molar-refractivity contribution >= 4 is 45.8 Å². The Morgan fingerprint density at radius 3 is 2.20 bits per heavy atom. The van der Waals surface area contributed by atoms with Crippen molar-refractivity contribution in [3.63, 3.8) is 0 Å². The normalized spacial score (nSPS) is 22.0. The Hall–Kier alpha value is -6.12. The van der Waals surface area contributed by atoms with Crippen LogP contribution in [0.15, 0.2) is 48.7 Å². The molecule has 5 heterocycles. The second-order valence-corrected chi connectivity index (χ2v) is 17.2. The number of likely N-dealkylation sites (tertiary alicyclic amines) is 2. The second kappa shape index (κ2) is 15.5. The van der Waals surface area contributed by atoms with Crippen molar-refractivity contribution in [3.8, 4) is 28.1 Å². The highest BCUT2D eigenvalue weighted by Gasteiger charge is 2.46. The number of aromatic amines is 2. The van der Waals surface area contributed by atoms with Crippen LogP contribution in [0.2, 0.25) is 0 Å². The largest absolute Gasteiger partial charge is 0.488 e. The van der Waals surface area contributed by atoms with Crippen LogP contribution >= 0.6 is 0 Å². The Bertz CT molecular complexity index is 2510. The van der Waals surface area contributed by atoms with Crippen LogP contribution in [0.4, 0.5) is 9.59 Å². The number of methoxy groups -OCH3 is 2. The first kappa shape index (κ1) is 39.3. The van der Waals surface area contributed by atoms with E-state index in [4.69, 9.17) is 24.2 Å². The Morgan fingerprint density at radius 2 is 1.50 bits per heavy atom. The zero-order chi connectivity index (χ0) is 42.0. The number of alkyl carbamates (subject to hydrolysis) is 2. The van der Waals surface area contributed by atoms with E-state index in [1.165, 1.54) is 14.2 Å². The molecule has 2 aromatic heterocycles. The molecule has 60 heavy (non-hydrogen) atoms. The van der Waals surface area contributed by atoms with Gasteiger partial charge in [0, 0.05) is 23.0 Å². The van der Waals surface area contributed by atoms with Crippen molar-refractivity contribution in [2.24, 2.45) is 11.8 Å². The summed E-state index contributed by atoms with van der Waals surface area (Å²) < 4.78 is 16.1. The van der Waals surface area contributed by atoms with Gasteiger partial charge >= 0.3 is 12.2 Å². The van der Waals surface area contributed by atoms with Crippen molar-refractivity contribution in [1.82, 2.24) is 40.4 Å². The number of benzene rings is 3. The van der Waals surface area contributed by atoms with Crippen molar-refractivity contribution < 1.29 is 33.4 Å². The lowest BCUT2D eigenvalue weighted by Gasteiger charge is -2.32. The summed E-state index contributed by atoms with van der Waals surface area (Å²) in [5.41, 5.74) is 6.63. The predicted molar refractivity (Wildman–Crippen MR) is 224 cm³/mol. The SMILES string of the molecule is COC(=O)NC(C(=O)N1C(C)CCC1c1ncc(-c2ccc3c(c2)COc2cc4c(ccc5[nH]c(C6CCC(C)N6C(=O)C(NC(=O)OC)C6CC6)nc54)cc2-3)[nH]1)C(C)C. The Kier molecular flexibility index (Phi) is 10.2. The Labute approximate surface area is 347 Å². The quantitative estimate of drug-likeness (QED) is 0.119. The highest BCUT2D eigenvalue weighted by molar-refractivity contribution is 6.07. The molecular formula is C45H52N8O7. The average molecular weight is 817 g/mol. The molecule has 4 amide bonds. The minimum absolute atomic E-state index is 0.00229. The predicted octanol–water partition coefficient (Wildman–Crippen LogP) is 7.28. The van der Waals surface area contributed by atoms with Gasteiger partial charge < -0.3 is 44.6 Å². The van der Waals surface area contributed by atoms with Crippen LogP contribution in [-0.2, 0) is 25.7 Å². The number of rotatable bonds is 9. The molecule has 5 aromatic rings. The van der Waals surface area contributed by atoms with E-state index < -0.39 is 24.3 Å². The summed E-state index contributed by atoms with van der Waals surface area (Å²) >= 11 is 0. The first-order valence-corrected chi connectivity index (χ1v) is 21.0. The fraction of sp³-hybridized carbons (Fsp3) is 0.467. The summed E-state index contributed by atoms with van der Waals surface area (Å²) in [6.07, 6.45) is 5.57. The maximum atomic E-state index is 14.0. The number of H-pyrrole nitrogens is 2. The summed E-state index contributed by atoms with van der Waals surface area (Å²) in [5, 5.41) is 7.51. The van der Waals surface area contributed by atoms with Gasteiger partial charge in [-0.25, -0.2) is 19.6 Å². The van der Waals surface area contributed by atoms with Crippen LogP contribution in [-0.4, -0.2) is 92.1 Å². The molecule has 1 aliphatic carbocycles. The Morgan fingerprint density at radius 1 is 0.800 bits per heavy atom. The van der Waals surface area contributed by atoms with Crippen LogP contribution in [0, 0.1) is 11.8 Å². The molecule has 314 valence electrons. The second-order valence-electron chi connectivity index (χ2n) is 17.2. The molecule has 4 N–H and O–H groups in total. The van der Waals surface area contributed by atoms with Gasteiger partial charge in [0.05, 0.1) is 49.2 Å². The molecule has 2 saturated heterocycles. The van der Waals surface area contributed by atoms with Gasteiger partial charge in [0.15, 0.2) is 0 Å². The summed E-state index contributed by atoms with van der Waals surface area (Å²) in [6, 6.07) is 12.8. The highest BCUT2D eigenvalue weighted by atomic mass is 16.5. The van der Waals surface area contributed by atoms with Crippen LogP contribution < -0.4 is 15.4 Å². The van der Waals surface area contributed by atoms with Gasteiger partial charge in [-0.15, -0.1) is 0 Å². The van der Waals surface area contributed by atoms with Gasteiger partial charge in [0.25, 0.3) is 0 Å². The van der Waals surface area contributed by atoms with E-state index >= 15 is 0 Å². The molecule has 6 unspecified atom stereocenters. The molecule has 3 fully saturated rings. The molecule has 15 nitrogen and oxygen atoms in total. The molecular weight excluding hydrogens is 765 g/mol. The first-order valence-electron chi connectivity index (χ1n) is 21.0. The van der Waals surface area contributed by atoms with Gasteiger partial charge in [-0.1, -0.05) is 32.0 Å². The third-order valence-corrected chi connectivity index (χ3v) is 13.0. The Balaban J connectivity index is 0.965. The minimum atomic E-state index is -0.717. The number of ether oxygens (including phenoxy) is 3. The molecule has 1 saturated carbocycles. The van der Waals surface area contributed by atoms with E-state index in [1.54, 1.807) is 0 Å². The number of fused-ring (bicyclic) bond motifs is 6. The average Bonchev–Trinajstić information content (AvgIpc) is 3.54. The number of nitrogens with one attached hydrogen (secondary N) is 4. The number of carbonyl (C=O) groups excluding carboxylic acids is 4. The number of carbonyl (C=O) groups is 4. The number of hydrogen-bond donors (Lipinski definition) is 4. The fourth-order valence-corrected chi connectivity index (χ4v) is 9.55. The van der Waals surface area contributed by atoms with Crippen molar-refractivity contribution in [1.29, 1.82) is 0 Å². The molecule has 15 heteroatoms. The molecule has 0 radical (unpaired) electrons. The maximum Gasteiger partial charge on any atom is 0.407 e. The summed E-state index contributed by atoms with van der Waals surface area (Å²) in [4.78, 5) is 72.8. The van der Waals surface area contributed by atoms with E-state index in [9.17, 15) is 19.2 Å². The number of imidazole rings is 2. The van der Waals surface area contributed by atoms with Crippen molar-refractivity contribution in [2.75, 3.05) is 14.2 Å². The van der Waals surface area contributed by atoms with Crippen LogP contribution in [0.25, 0.3) is 44.2 Å².